The van der Waals surface area contributed by atoms with Gasteiger partial charge in [-0.25, -0.2) is 13.1 Å². The minimum absolute atomic E-state index is 0.0527. The Hall–Kier alpha value is -1.73. The van der Waals surface area contributed by atoms with E-state index in [1.165, 1.54) is 0 Å². The average Bonchev–Trinajstić information content (AvgIpc) is 2.95. The Morgan fingerprint density at radius 3 is 2.65 bits per heavy atom. The van der Waals surface area contributed by atoms with E-state index in [2.05, 4.69) is 10.3 Å². The van der Waals surface area contributed by atoms with Gasteiger partial charge in [-0.2, -0.15) is 0 Å². The van der Waals surface area contributed by atoms with E-state index in [9.17, 15) is 8.42 Å². The topological polar surface area (TPSA) is 85.1 Å². The summed E-state index contributed by atoms with van der Waals surface area (Å²) in [5, 5.41) is 15.9. The lowest BCUT2D eigenvalue weighted by Gasteiger charge is -2.08. The highest BCUT2D eigenvalue weighted by Gasteiger charge is 2.24. The number of hydrogen-bond acceptors (Lipinski definition) is 5. The fraction of sp³-hybridized carbons (Fsp3) is 0.385. The molecule has 108 valence electrons. The van der Waals surface area contributed by atoms with Crippen LogP contribution in [-0.2, 0) is 9.84 Å². The quantitative estimate of drug-likeness (QED) is 0.863. The third-order valence-electron chi connectivity index (χ3n) is 3.07. The van der Waals surface area contributed by atoms with E-state index >= 15 is 0 Å². The molecule has 0 aliphatic heterocycles. The summed E-state index contributed by atoms with van der Waals surface area (Å²) >= 11 is 0. The van der Waals surface area contributed by atoms with Crippen LogP contribution in [-0.4, -0.2) is 40.9 Å². The first-order chi connectivity index (χ1) is 9.54. The highest BCUT2D eigenvalue weighted by atomic mass is 32.2. The van der Waals surface area contributed by atoms with Crippen molar-refractivity contribution in [3.05, 3.63) is 42.2 Å². The van der Waals surface area contributed by atoms with Crippen LogP contribution in [0.15, 0.2) is 36.5 Å². The van der Waals surface area contributed by atoms with Crippen LogP contribution in [0.2, 0.25) is 0 Å². The Bertz CT molecular complexity index is 653. The van der Waals surface area contributed by atoms with Gasteiger partial charge in [0.1, 0.15) is 10.9 Å². The number of aromatic nitrogens is 3. The van der Waals surface area contributed by atoms with Crippen molar-refractivity contribution >= 4 is 9.84 Å². The van der Waals surface area contributed by atoms with Crippen LogP contribution in [0.5, 0.6) is 0 Å². The van der Waals surface area contributed by atoms with Gasteiger partial charge in [-0.15, -0.1) is 5.10 Å². The molecule has 0 amide bonds. The van der Waals surface area contributed by atoms with Crippen LogP contribution >= 0.6 is 0 Å². The summed E-state index contributed by atoms with van der Waals surface area (Å²) in [4.78, 5) is 0. The molecule has 1 aromatic heterocycles. The molecule has 1 atom stereocenters. The third-order valence-corrected chi connectivity index (χ3v) is 5.25. The van der Waals surface area contributed by atoms with Crippen molar-refractivity contribution in [2.24, 2.45) is 0 Å². The monoisotopic (exact) mass is 295 g/mol. The Balaban J connectivity index is 2.21. The fourth-order valence-electron chi connectivity index (χ4n) is 1.80. The van der Waals surface area contributed by atoms with Gasteiger partial charge in [0.15, 0.2) is 9.84 Å². The molecule has 0 fully saturated rings. The number of para-hydroxylation sites is 1. The molecule has 20 heavy (non-hydrogen) atoms. The van der Waals surface area contributed by atoms with E-state index in [1.807, 2.05) is 30.3 Å². The first kappa shape index (κ1) is 14.7. The summed E-state index contributed by atoms with van der Waals surface area (Å²) in [6.45, 7) is 1.45. The van der Waals surface area contributed by atoms with Gasteiger partial charge in [0.05, 0.1) is 17.6 Å². The Kier molecular flexibility index (Phi) is 4.51. The fourth-order valence-corrected chi connectivity index (χ4v) is 3.16. The highest BCUT2D eigenvalue weighted by molar-refractivity contribution is 7.91. The molecule has 0 spiro atoms. The van der Waals surface area contributed by atoms with Gasteiger partial charge in [0.25, 0.3) is 0 Å². The number of nitrogens with zero attached hydrogens (tertiary/aromatic N) is 3. The maximum atomic E-state index is 12.0. The van der Waals surface area contributed by atoms with E-state index in [4.69, 9.17) is 5.11 Å². The molecule has 2 rings (SSSR count). The number of aliphatic hydroxyl groups is 1. The van der Waals surface area contributed by atoms with Gasteiger partial charge in [0.2, 0.25) is 0 Å². The summed E-state index contributed by atoms with van der Waals surface area (Å²) in [6.07, 6.45) is 1.86. The predicted molar refractivity (Wildman–Crippen MR) is 75.3 cm³/mol. The highest BCUT2D eigenvalue weighted by Crippen LogP contribution is 2.21. The zero-order chi connectivity index (χ0) is 14.6. The zero-order valence-corrected chi connectivity index (χ0v) is 12.0. The molecular weight excluding hydrogens is 278 g/mol. The number of sulfone groups is 1. The van der Waals surface area contributed by atoms with Crippen LogP contribution in [0.1, 0.15) is 24.3 Å². The van der Waals surface area contributed by atoms with Crippen molar-refractivity contribution in [1.29, 1.82) is 0 Å². The normalized spacial score (nSPS) is 13.3. The van der Waals surface area contributed by atoms with E-state index in [1.54, 1.807) is 17.8 Å². The molecule has 1 unspecified atom stereocenters. The van der Waals surface area contributed by atoms with Gasteiger partial charge in [-0.3, -0.25) is 0 Å². The molecule has 1 N–H and O–H groups in total. The molecule has 0 aliphatic rings. The molecule has 2 aromatic rings. The minimum atomic E-state index is -3.32. The summed E-state index contributed by atoms with van der Waals surface area (Å²) in [6, 6.07) is 9.37. The number of benzene rings is 1. The number of hydrogen-bond donors (Lipinski definition) is 1. The standard InChI is InChI=1S/C13H17N3O3S/c1-11(20(18,19)9-5-8-17)13-10-16(15-14-13)12-6-3-2-4-7-12/h2-4,6-7,10-11,17H,5,8-9H2,1H3. The average molecular weight is 295 g/mol. The number of aliphatic hydroxyl groups excluding tert-OH is 1. The van der Waals surface area contributed by atoms with Crippen LogP contribution in [0.3, 0.4) is 0 Å². The first-order valence-electron chi connectivity index (χ1n) is 6.34. The molecular formula is C13H17N3O3S. The summed E-state index contributed by atoms with van der Waals surface area (Å²) in [7, 11) is -3.32. The molecule has 0 saturated carbocycles. The Labute approximate surface area is 118 Å². The van der Waals surface area contributed by atoms with Crippen LogP contribution in [0.4, 0.5) is 0 Å². The van der Waals surface area contributed by atoms with Crippen molar-refractivity contribution in [1.82, 2.24) is 15.0 Å². The van der Waals surface area contributed by atoms with Crippen LogP contribution in [0.25, 0.3) is 5.69 Å². The zero-order valence-electron chi connectivity index (χ0n) is 11.2. The van der Waals surface area contributed by atoms with Gasteiger partial charge in [0, 0.05) is 6.61 Å². The molecule has 0 bridgehead atoms. The smallest absolute Gasteiger partial charge is 0.158 e. The molecule has 1 heterocycles. The summed E-state index contributed by atoms with van der Waals surface area (Å²) in [5.41, 5.74) is 1.23. The van der Waals surface area contributed by atoms with E-state index < -0.39 is 15.1 Å². The Morgan fingerprint density at radius 2 is 2.00 bits per heavy atom. The van der Waals surface area contributed by atoms with Gasteiger partial charge >= 0.3 is 0 Å². The van der Waals surface area contributed by atoms with Crippen molar-refractivity contribution in [3.8, 4) is 5.69 Å². The SMILES string of the molecule is CC(c1cn(-c2ccccc2)nn1)S(=O)(=O)CCCO. The Morgan fingerprint density at radius 1 is 1.30 bits per heavy atom. The maximum absolute atomic E-state index is 12.0. The molecule has 1 aromatic carbocycles. The van der Waals surface area contributed by atoms with Gasteiger partial charge < -0.3 is 5.11 Å². The second-order valence-corrected chi connectivity index (χ2v) is 6.95. The second kappa shape index (κ2) is 6.15. The lowest BCUT2D eigenvalue weighted by atomic mass is 10.3. The van der Waals surface area contributed by atoms with E-state index in [0.29, 0.717) is 5.69 Å². The van der Waals surface area contributed by atoms with Gasteiger partial charge in [-0.05, 0) is 25.5 Å². The van der Waals surface area contributed by atoms with E-state index in [0.717, 1.165) is 5.69 Å². The predicted octanol–water partition coefficient (Wildman–Crippen LogP) is 1.13. The molecule has 0 saturated heterocycles. The molecule has 7 heteroatoms. The molecule has 0 radical (unpaired) electrons. The van der Waals surface area contributed by atoms with E-state index in [-0.39, 0.29) is 18.8 Å². The summed E-state index contributed by atoms with van der Waals surface area (Å²) in [5.74, 6) is -0.0527. The van der Waals surface area contributed by atoms with Crippen LogP contribution in [0, 0.1) is 0 Å². The minimum Gasteiger partial charge on any atom is -0.396 e. The van der Waals surface area contributed by atoms with Crippen molar-refractivity contribution < 1.29 is 13.5 Å². The molecule has 0 aliphatic carbocycles. The maximum Gasteiger partial charge on any atom is 0.158 e. The number of rotatable bonds is 6. The second-order valence-electron chi connectivity index (χ2n) is 4.51. The molecule has 6 nitrogen and oxygen atoms in total. The van der Waals surface area contributed by atoms with Crippen molar-refractivity contribution in [2.75, 3.05) is 12.4 Å². The third kappa shape index (κ3) is 3.23. The van der Waals surface area contributed by atoms with Crippen molar-refractivity contribution in [3.63, 3.8) is 0 Å². The largest absolute Gasteiger partial charge is 0.396 e. The summed E-state index contributed by atoms with van der Waals surface area (Å²) < 4.78 is 25.6. The first-order valence-corrected chi connectivity index (χ1v) is 8.06. The van der Waals surface area contributed by atoms with Crippen molar-refractivity contribution in [2.45, 2.75) is 18.6 Å². The van der Waals surface area contributed by atoms with Gasteiger partial charge in [-0.1, -0.05) is 23.4 Å². The lowest BCUT2D eigenvalue weighted by molar-refractivity contribution is 0.295. The van der Waals surface area contributed by atoms with Crippen LogP contribution < -0.4 is 0 Å². The lowest BCUT2D eigenvalue weighted by Crippen LogP contribution is -2.15.